The Morgan fingerprint density at radius 1 is 1.03 bits per heavy atom. The van der Waals surface area contributed by atoms with Gasteiger partial charge in [-0.05, 0) is 81.1 Å². The third-order valence-corrected chi connectivity index (χ3v) is 5.25. The molecule has 0 radical (unpaired) electrons. The maximum Gasteiger partial charge on any atom is 0.262 e. The van der Waals surface area contributed by atoms with E-state index in [2.05, 4.69) is 48.0 Å². The topological polar surface area (TPSA) is 57.8 Å². The van der Waals surface area contributed by atoms with E-state index in [0.717, 1.165) is 28.2 Å². The first-order valence-corrected chi connectivity index (χ1v) is 10.1. The summed E-state index contributed by atoms with van der Waals surface area (Å²) in [7, 11) is 0. The molecule has 0 saturated carbocycles. The molecule has 3 rings (SSSR count). The maximum atomic E-state index is 12.7. The van der Waals surface area contributed by atoms with Gasteiger partial charge in [0.15, 0.2) is 0 Å². The van der Waals surface area contributed by atoms with Gasteiger partial charge < -0.3 is 9.88 Å². The number of carbonyl (C=O) groups excluding carboxylic acids is 1. The molecule has 0 unspecified atom stereocenters. The Bertz CT molecular complexity index is 1130. The van der Waals surface area contributed by atoms with E-state index in [1.165, 1.54) is 11.1 Å². The molecular weight excluding hydrogens is 370 g/mol. The van der Waals surface area contributed by atoms with E-state index in [1.54, 1.807) is 6.08 Å². The second-order valence-electron chi connectivity index (χ2n) is 7.78. The van der Waals surface area contributed by atoms with Gasteiger partial charge in [0.1, 0.15) is 11.6 Å². The summed E-state index contributed by atoms with van der Waals surface area (Å²) in [5.41, 5.74) is 7.49. The molecule has 4 nitrogen and oxygen atoms in total. The molecular formula is C26H27N3O. The molecule has 1 aromatic heterocycles. The zero-order valence-corrected chi connectivity index (χ0v) is 18.2. The van der Waals surface area contributed by atoms with Crippen LogP contribution in [0.3, 0.4) is 0 Å². The number of aryl methyl sites for hydroxylation is 3. The normalized spacial score (nSPS) is 12.3. The predicted octanol–water partition coefficient (Wildman–Crippen LogP) is 5.50. The van der Waals surface area contributed by atoms with Gasteiger partial charge in [0.25, 0.3) is 5.91 Å². The van der Waals surface area contributed by atoms with Crippen molar-refractivity contribution in [1.29, 1.82) is 5.26 Å². The van der Waals surface area contributed by atoms with Crippen LogP contribution in [0, 0.1) is 39.0 Å². The van der Waals surface area contributed by atoms with Crippen LogP contribution < -0.4 is 5.32 Å². The van der Waals surface area contributed by atoms with E-state index >= 15 is 0 Å². The summed E-state index contributed by atoms with van der Waals surface area (Å²) in [5, 5.41) is 12.5. The van der Waals surface area contributed by atoms with Crippen molar-refractivity contribution in [3.8, 4) is 11.8 Å². The van der Waals surface area contributed by atoms with Crippen LogP contribution >= 0.6 is 0 Å². The third kappa shape index (κ3) is 4.52. The number of carbonyl (C=O) groups is 1. The minimum Gasteiger partial charge on any atom is -0.345 e. The van der Waals surface area contributed by atoms with Gasteiger partial charge >= 0.3 is 0 Å². The molecule has 1 heterocycles. The molecule has 0 fully saturated rings. The Labute approximate surface area is 178 Å². The monoisotopic (exact) mass is 397 g/mol. The fourth-order valence-corrected chi connectivity index (χ4v) is 3.81. The van der Waals surface area contributed by atoms with Crippen LogP contribution in [0.5, 0.6) is 0 Å². The molecule has 4 heteroatoms. The van der Waals surface area contributed by atoms with E-state index < -0.39 is 0 Å². The third-order valence-electron chi connectivity index (χ3n) is 5.25. The lowest BCUT2D eigenvalue weighted by molar-refractivity contribution is -0.117. The Kier molecular flexibility index (Phi) is 6.23. The van der Waals surface area contributed by atoms with Gasteiger partial charge in [-0.3, -0.25) is 4.79 Å². The lowest BCUT2D eigenvalue weighted by Crippen LogP contribution is -2.27. The fraction of sp³-hybridized carbons (Fsp3) is 0.231. The Morgan fingerprint density at radius 3 is 2.27 bits per heavy atom. The average Bonchev–Trinajstić information content (AvgIpc) is 2.98. The Balaban J connectivity index is 1.91. The summed E-state index contributed by atoms with van der Waals surface area (Å²) in [6.07, 6.45) is 1.68. The van der Waals surface area contributed by atoms with Gasteiger partial charge in [-0.25, -0.2) is 0 Å². The van der Waals surface area contributed by atoms with Gasteiger partial charge in [0, 0.05) is 17.1 Å². The highest BCUT2D eigenvalue weighted by Crippen LogP contribution is 2.24. The number of benzene rings is 2. The van der Waals surface area contributed by atoms with E-state index in [1.807, 2.05) is 57.2 Å². The Morgan fingerprint density at radius 2 is 1.67 bits per heavy atom. The quantitative estimate of drug-likeness (QED) is 0.457. The predicted molar refractivity (Wildman–Crippen MR) is 121 cm³/mol. The standard InChI is InChI=1S/C26H27N3O/c1-17-11-18(2)13-25(12-17)29-19(3)14-23(21(29)5)15-24(16-27)26(30)28-20(4)22-9-7-6-8-10-22/h6-15,20H,1-5H3,(H,28,30)/b24-15-/t20-/m1/s1. The van der Waals surface area contributed by atoms with Crippen LogP contribution in [0.2, 0.25) is 0 Å². The van der Waals surface area contributed by atoms with Crippen LogP contribution in [0.25, 0.3) is 11.8 Å². The highest BCUT2D eigenvalue weighted by atomic mass is 16.1. The molecule has 30 heavy (non-hydrogen) atoms. The second-order valence-corrected chi connectivity index (χ2v) is 7.78. The first kappa shape index (κ1) is 21.1. The molecule has 3 aromatic rings. The molecule has 0 aliphatic rings. The van der Waals surface area contributed by atoms with Crippen LogP contribution in [0.15, 0.2) is 60.2 Å². The van der Waals surface area contributed by atoms with E-state index in [-0.39, 0.29) is 17.5 Å². The summed E-state index contributed by atoms with van der Waals surface area (Å²) >= 11 is 0. The number of hydrogen-bond acceptors (Lipinski definition) is 2. The van der Waals surface area contributed by atoms with Crippen molar-refractivity contribution >= 4 is 12.0 Å². The van der Waals surface area contributed by atoms with E-state index in [0.29, 0.717) is 0 Å². The molecule has 1 atom stereocenters. The van der Waals surface area contributed by atoms with Crippen molar-refractivity contribution in [2.75, 3.05) is 0 Å². The van der Waals surface area contributed by atoms with Gasteiger partial charge in [0.2, 0.25) is 0 Å². The van der Waals surface area contributed by atoms with Crippen molar-refractivity contribution in [2.45, 2.75) is 40.7 Å². The molecule has 0 bridgehead atoms. The van der Waals surface area contributed by atoms with Crippen LogP contribution in [-0.4, -0.2) is 10.5 Å². The molecule has 0 saturated heterocycles. The molecule has 152 valence electrons. The number of nitrogens with one attached hydrogen (secondary N) is 1. The zero-order valence-electron chi connectivity index (χ0n) is 18.2. The summed E-state index contributed by atoms with van der Waals surface area (Å²) < 4.78 is 2.16. The summed E-state index contributed by atoms with van der Waals surface area (Å²) in [6, 6.07) is 20.0. The number of nitriles is 1. The minimum atomic E-state index is -0.370. The second kappa shape index (κ2) is 8.84. The zero-order chi connectivity index (χ0) is 21.8. The van der Waals surface area contributed by atoms with Crippen LogP contribution in [0.4, 0.5) is 0 Å². The molecule has 2 aromatic carbocycles. The van der Waals surface area contributed by atoms with Crippen molar-refractivity contribution in [3.05, 3.63) is 93.8 Å². The first-order chi connectivity index (χ1) is 14.3. The van der Waals surface area contributed by atoms with Gasteiger partial charge in [-0.15, -0.1) is 0 Å². The minimum absolute atomic E-state index is 0.0958. The average molecular weight is 398 g/mol. The first-order valence-electron chi connectivity index (χ1n) is 10.1. The van der Waals surface area contributed by atoms with Gasteiger partial charge in [0.05, 0.1) is 6.04 Å². The lowest BCUT2D eigenvalue weighted by Gasteiger charge is -2.14. The number of aromatic nitrogens is 1. The smallest absolute Gasteiger partial charge is 0.262 e. The summed E-state index contributed by atoms with van der Waals surface area (Å²) in [6.45, 7) is 10.1. The molecule has 1 amide bonds. The van der Waals surface area contributed by atoms with Crippen molar-refractivity contribution in [3.63, 3.8) is 0 Å². The van der Waals surface area contributed by atoms with E-state index in [4.69, 9.17) is 0 Å². The number of amides is 1. The van der Waals surface area contributed by atoms with Crippen molar-refractivity contribution < 1.29 is 4.79 Å². The summed E-state index contributed by atoms with van der Waals surface area (Å²) in [5.74, 6) is -0.370. The molecule has 0 aliphatic carbocycles. The largest absolute Gasteiger partial charge is 0.345 e. The SMILES string of the molecule is Cc1cc(C)cc(-n2c(C)cc(/C=C(/C#N)C(=O)N[C@H](C)c3ccccc3)c2C)c1. The van der Waals surface area contributed by atoms with Crippen molar-refractivity contribution in [2.24, 2.45) is 0 Å². The summed E-state index contributed by atoms with van der Waals surface area (Å²) in [4.78, 5) is 12.7. The van der Waals surface area contributed by atoms with Crippen molar-refractivity contribution in [1.82, 2.24) is 9.88 Å². The van der Waals surface area contributed by atoms with E-state index in [9.17, 15) is 10.1 Å². The highest BCUT2D eigenvalue weighted by molar-refractivity contribution is 6.02. The van der Waals surface area contributed by atoms with Gasteiger partial charge in [-0.1, -0.05) is 36.4 Å². The fourth-order valence-electron chi connectivity index (χ4n) is 3.81. The Hall–Kier alpha value is -3.58. The number of hydrogen-bond donors (Lipinski definition) is 1. The van der Waals surface area contributed by atoms with Crippen LogP contribution in [0.1, 0.15) is 46.6 Å². The number of rotatable bonds is 5. The highest BCUT2D eigenvalue weighted by Gasteiger charge is 2.16. The van der Waals surface area contributed by atoms with Crippen LogP contribution in [-0.2, 0) is 4.79 Å². The molecule has 0 aliphatic heterocycles. The van der Waals surface area contributed by atoms with Gasteiger partial charge in [-0.2, -0.15) is 5.26 Å². The molecule has 0 spiro atoms. The number of nitrogens with zero attached hydrogens (tertiary/aromatic N) is 2. The lowest BCUT2D eigenvalue weighted by atomic mass is 10.1. The maximum absolute atomic E-state index is 12.7. The molecule has 1 N–H and O–H groups in total.